The first kappa shape index (κ1) is 12.0. The van der Waals surface area contributed by atoms with E-state index in [-0.39, 0.29) is 0 Å². The van der Waals surface area contributed by atoms with Crippen molar-refractivity contribution in [2.24, 2.45) is 0 Å². The molecule has 5 heteroatoms. The van der Waals surface area contributed by atoms with Crippen molar-refractivity contribution < 1.29 is 0 Å². The normalized spacial score (nSPS) is 10.0. The molecule has 0 amide bonds. The minimum atomic E-state index is 0.656. The number of nitrogens with two attached hydrogens (primary N) is 1. The summed E-state index contributed by atoms with van der Waals surface area (Å²) in [5.41, 5.74) is 8.86. The van der Waals surface area contributed by atoms with Gasteiger partial charge in [0.15, 0.2) is 0 Å². The van der Waals surface area contributed by atoms with E-state index < -0.39 is 0 Å². The van der Waals surface area contributed by atoms with Gasteiger partial charge in [0.25, 0.3) is 0 Å². The van der Waals surface area contributed by atoms with Gasteiger partial charge in [-0.05, 0) is 18.6 Å². The monoisotopic (exact) mass is 241 g/mol. The van der Waals surface area contributed by atoms with Crippen molar-refractivity contribution in [3.05, 3.63) is 41.7 Å². The van der Waals surface area contributed by atoms with Crippen LogP contribution in [0.25, 0.3) is 0 Å². The van der Waals surface area contributed by atoms with Crippen molar-refractivity contribution in [2.75, 3.05) is 17.6 Å². The molecule has 0 aliphatic rings. The van der Waals surface area contributed by atoms with E-state index in [1.165, 1.54) is 0 Å². The SMILES string of the molecule is Cc1cccc(C#N)c1NCCn1cc(N)cn1. The lowest BCUT2D eigenvalue weighted by Gasteiger charge is -2.11. The van der Waals surface area contributed by atoms with E-state index in [2.05, 4.69) is 16.5 Å². The van der Waals surface area contributed by atoms with Gasteiger partial charge in [0.05, 0.1) is 29.7 Å². The third-order valence-electron chi connectivity index (χ3n) is 2.69. The van der Waals surface area contributed by atoms with Crippen LogP contribution in [-0.2, 0) is 6.54 Å². The van der Waals surface area contributed by atoms with Crippen molar-refractivity contribution in [2.45, 2.75) is 13.5 Å². The Labute approximate surface area is 106 Å². The Kier molecular flexibility index (Phi) is 3.49. The highest BCUT2D eigenvalue weighted by molar-refractivity contribution is 5.62. The summed E-state index contributed by atoms with van der Waals surface area (Å²) < 4.78 is 1.77. The zero-order valence-electron chi connectivity index (χ0n) is 10.2. The topological polar surface area (TPSA) is 79.7 Å². The van der Waals surface area contributed by atoms with Crippen LogP contribution < -0.4 is 11.1 Å². The summed E-state index contributed by atoms with van der Waals surface area (Å²) in [5.74, 6) is 0. The molecule has 3 N–H and O–H groups in total. The number of nitrogens with one attached hydrogen (secondary N) is 1. The molecule has 0 atom stereocenters. The third kappa shape index (κ3) is 2.61. The summed E-state index contributed by atoms with van der Waals surface area (Å²) in [7, 11) is 0. The minimum absolute atomic E-state index is 0.656. The Morgan fingerprint density at radius 2 is 2.33 bits per heavy atom. The average Bonchev–Trinajstić information content (AvgIpc) is 2.77. The molecule has 92 valence electrons. The van der Waals surface area contributed by atoms with E-state index in [1.54, 1.807) is 23.1 Å². The highest BCUT2D eigenvalue weighted by Crippen LogP contribution is 2.19. The molecule has 0 spiro atoms. The van der Waals surface area contributed by atoms with Gasteiger partial charge in [0.2, 0.25) is 0 Å². The molecular weight excluding hydrogens is 226 g/mol. The molecular formula is C13H15N5. The lowest BCUT2D eigenvalue weighted by atomic mass is 10.1. The molecule has 0 unspecified atom stereocenters. The first-order valence-electron chi connectivity index (χ1n) is 5.72. The predicted octanol–water partition coefficient (Wildman–Crippen LogP) is 1.76. The van der Waals surface area contributed by atoms with Crippen molar-refractivity contribution in [1.29, 1.82) is 5.26 Å². The maximum Gasteiger partial charge on any atom is 0.101 e. The number of nitrogen functional groups attached to an aromatic ring is 1. The van der Waals surface area contributed by atoms with E-state index in [0.29, 0.717) is 24.3 Å². The minimum Gasteiger partial charge on any atom is -0.396 e. The van der Waals surface area contributed by atoms with Crippen LogP contribution in [0.5, 0.6) is 0 Å². The molecule has 0 bridgehead atoms. The molecule has 1 aromatic carbocycles. The molecule has 0 aliphatic carbocycles. The predicted molar refractivity (Wildman–Crippen MR) is 71.0 cm³/mol. The van der Waals surface area contributed by atoms with Gasteiger partial charge >= 0.3 is 0 Å². The van der Waals surface area contributed by atoms with Crippen LogP contribution in [-0.4, -0.2) is 16.3 Å². The second kappa shape index (κ2) is 5.23. The summed E-state index contributed by atoms with van der Waals surface area (Å²) in [6.45, 7) is 3.38. The molecule has 5 nitrogen and oxygen atoms in total. The quantitative estimate of drug-likeness (QED) is 0.854. The summed E-state index contributed by atoms with van der Waals surface area (Å²) in [6, 6.07) is 7.85. The van der Waals surface area contributed by atoms with Gasteiger partial charge in [0, 0.05) is 12.7 Å². The van der Waals surface area contributed by atoms with E-state index in [1.807, 2.05) is 19.1 Å². The number of benzene rings is 1. The maximum absolute atomic E-state index is 9.04. The Bertz CT molecular complexity index is 579. The zero-order valence-corrected chi connectivity index (χ0v) is 10.2. The molecule has 18 heavy (non-hydrogen) atoms. The number of aryl methyl sites for hydroxylation is 1. The van der Waals surface area contributed by atoms with E-state index in [4.69, 9.17) is 11.0 Å². The summed E-state index contributed by atoms with van der Waals surface area (Å²) in [4.78, 5) is 0. The molecule has 1 heterocycles. The standard InChI is InChI=1S/C13H15N5/c1-10-3-2-4-11(7-14)13(10)16-5-6-18-9-12(15)8-17-18/h2-4,8-9,16H,5-6,15H2,1H3. The Morgan fingerprint density at radius 3 is 3.00 bits per heavy atom. The number of nitrogens with zero attached hydrogens (tertiary/aromatic N) is 3. The van der Waals surface area contributed by atoms with Gasteiger partial charge in [-0.2, -0.15) is 10.4 Å². The van der Waals surface area contributed by atoms with E-state index >= 15 is 0 Å². The van der Waals surface area contributed by atoms with Gasteiger partial charge < -0.3 is 11.1 Å². The van der Waals surface area contributed by atoms with E-state index in [9.17, 15) is 0 Å². The van der Waals surface area contributed by atoms with Gasteiger partial charge in [-0.15, -0.1) is 0 Å². The Morgan fingerprint density at radius 1 is 1.50 bits per heavy atom. The van der Waals surface area contributed by atoms with Gasteiger partial charge in [0.1, 0.15) is 6.07 Å². The highest BCUT2D eigenvalue weighted by Gasteiger charge is 2.04. The molecule has 0 fully saturated rings. The van der Waals surface area contributed by atoms with Crippen LogP contribution in [0.2, 0.25) is 0 Å². The second-order valence-corrected chi connectivity index (χ2v) is 4.07. The fourth-order valence-electron chi connectivity index (χ4n) is 1.79. The fourth-order valence-corrected chi connectivity index (χ4v) is 1.79. The molecule has 2 aromatic rings. The van der Waals surface area contributed by atoms with E-state index in [0.717, 1.165) is 11.3 Å². The largest absolute Gasteiger partial charge is 0.396 e. The summed E-state index contributed by atoms with van der Waals surface area (Å²) in [5, 5.41) is 16.4. The number of hydrogen-bond donors (Lipinski definition) is 2. The van der Waals surface area contributed by atoms with Crippen LogP contribution in [0.3, 0.4) is 0 Å². The third-order valence-corrected chi connectivity index (χ3v) is 2.69. The van der Waals surface area contributed by atoms with Crippen LogP contribution in [0.15, 0.2) is 30.6 Å². The van der Waals surface area contributed by atoms with Gasteiger partial charge in [-0.1, -0.05) is 12.1 Å². The second-order valence-electron chi connectivity index (χ2n) is 4.07. The molecule has 2 rings (SSSR count). The number of anilines is 2. The van der Waals surface area contributed by atoms with Gasteiger partial charge in [-0.25, -0.2) is 0 Å². The lowest BCUT2D eigenvalue weighted by molar-refractivity contribution is 0.638. The summed E-state index contributed by atoms with van der Waals surface area (Å²) >= 11 is 0. The van der Waals surface area contributed by atoms with Crippen LogP contribution >= 0.6 is 0 Å². The lowest BCUT2D eigenvalue weighted by Crippen LogP contribution is -2.12. The smallest absolute Gasteiger partial charge is 0.101 e. The van der Waals surface area contributed by atoms with Gasteiger partial charge in [-0.3, -0.25) is 4.68 Å². The van der Waals surface area contributed by atoms with Crippen LogP contribution in [0.1, 0.15) is 11.1 Å². The molecule has 0 aliphatic heterocycles. The van der Waals surface area contributed by atoms with Crippen LogP contribution in [0.4, 0.5) is 11.4 Å². The molecule has 0 saturated heterocycles. The number of para-hydroxylation sites is 1. The number of nitriles is 1. The Hall–Kier alpha value is -2.48. The molecule has 0 saturated carbocycles. The number of hydrogen-bond acceptors (Lipinski definition) is 4. The average molecular weight is 241 g/mol. The van der Waals surface area contributed by atoms with Crippen molar-refractivity contribution in [1.82, 2.24) is 9.78 Å². The van der Waals surface area contributed by atoms with Crippen molar-refractivity contribution >= 4 is 11.4 Å². The highest BCUT2D eigenvalue weighted by atomic mass is 15.3. The maximum atomic E-state index is 9.04. The first-order chi connectivity index (χ1) is 8.70. The van der Waals surface area contributed by atoms with Crippen LogP contribution in [0, 0.1) is 18.3 Å². The number of rotatable bonds is 4. The fraction of sp³-hybridized carbons (Fsp3) is 0.231. The molecule has 1 aromatic heterocycles. The summed E-state index contributed by atoms with van der Waals surface area (Å²) in [6.07, 6.45) is 3.40. The Balaban J connectivity index is 2.00. The van der Waals surface area contributed by atoms with Crippen molar-refractivity contribution in [3.8, 4) is 6.07 Å². The first-order valence-corrected chi connectivity index (χ1v) is 5.72. The number of aromatic nitrogens is 2. The zero-order chi connectivity index (χ0) is 13.0. The molecule has 0 radical (unpaired) electrons. The van der Waals surface area contributed by atoms with Crippen molar-refractivity contribution in [3.63, 3.8) is 0 Å².